The van der Waals surface area contributed by atoms with E-state index in [1.807, 2.05) is 19.4 Å². The van der Waals surface area contributed by atoms with Gasteiger partial charge in [-0.1, -0.05) is 20.3 Å². The molecule has 0 bridgehead atoms. The number of nitrogens with one attached hydrogen (secondary N) is 3. The molecule has 0 aromatic heterocycles. The second-order valence-corrected chi connectivity index (χ2v) is 9.63. The predicted octanol–water partition coefficient (Wildman–Crippen LogP) is -0.214. The lowest BCUT2D eigenvalue weighted by Crippen LogP contribution is -2.59. The van der Waals surface area contributed by atoms with Crippen LogP contribution in [0.1, 0.15) is 40.0 Å². The van der Waals surface area contributed by atoms with Gasteiger partial charge in [-0.05, 0) is 49.7 Å². The molecule has 0 saturated heterocycles. The first-order chi connectivity index (χ1) is 15.0. The van der Waals surface area contributed by atoms with E-state index in [0.29, 0.717) is 24.3 Å². The number of carbonyl (C=O) groups is 4. The van der Waals surface area contributed by atoms with Crippen molar-refractivity contribution in [1.29, 1.82) is 0 Å². The van der Waals surface area contributed by atoms with Crippen LogP contribution in [0.4, 0.5) is 0 Å². The maximum absolute atomic E-state index is 13.0. The molecule has 7 N–H and O–H groups in total. The summed E-state index contributed by atoms with van der Waals surface area (Å²) in [6.45, 7) is 5.01. The Bertz CT molecular complexity index is 623. The molecule has 0 aromatic rings. The minimum Gasteiger partial charge on any atom is -0.480 e. The van der Waals surface area contributed by atoms with E-state index in [-0.39, 0.29) is 12.3 Å². The lowest BCUT2D eigenvalue weighted by atomic mass is 9.97. The molecule has 10 nitrogen and oxygen atoms in total. The number of thioether (sulfide) groups is 2. The van der Waals surface area contributed by atoms with Gasteiger partial charge in [0, 0.05) is 0 Å². The number of amides is 3. The summed E-state index contributed by atoms with van der Waals surface area (Å²) in [5, 5.41) is 26.7. The van der Waals surface area contributed by atoms with Gasteiger partial charge in [-0.3, -0.25) is 14.4 Å². The third kappa shape index (κ3) is 10.9. The molecule has 6 atom stereocenters. The summed E-state index contributed by atoms with van der Waals surface area (Å²) in [6, 6.07) is -4.18. The highest BCUT2D eigenvalue weighted by Gasteiger charge is 2.32. The molecular weight excluding hydrogens is 456 g/mol. The van der Waals surface area contributed by atoms with Crippen molar-refractivity contribution in [1.82, 2.24) is 16.0 Å². The van der Waals surface area contributed by atoms with Gasteiger partial charge in [0.2, 0.25) is 17.7 Å². The Labute approximate surface area is 198 Å². The van der Waals surface area contributed by atoms with Crippen LogP contribution < -0.4 is 21.7 Å². The Morgan fingerprint density at radius 2 is 1.38 bits per heavy atom. The first-order valence-electron chi connectivity index (χ1n) is 10.5. The van der Waals surface area contributed by atoms with Crippen molar-refractivity contribution in [2.45, 2.75) is 70.3 Å². The van der Waals surface area contributed by atoms with E-state index in [1.165, 1.54) is 30.4 Å². The van der Waals surface area contributed by atoms with Gasteiger partial charge in [0.25, 0.3) is 0 Å². The molecule has 0 aliphatic carbocycles. The number of hydrogen-bond donors (Lipinski definition) is 6. The molecule has 186 valence electrons. The van der Waals surface area contributed by atoms with Crippen molar-refractivity contribution >= 4 is 47.2 Å². The summed E-state index contributed by atoms with van der Waals surface area (Å²) in [4.78, 5) is 49.6. The summed E-state index contributed by atoms with van der Waals surface area (Å²) in [5.74, 6) is -2.11. The highest BCUT2D eigenvalue weighted by molar-refractivity contribution is 7.98. The van der Waals surface area contributed by atoms with Crippen LogP contribution in [-0.2, 0) is 19.2 Å². The van der Waals surface area contributed by atoms with Crippen LogP contribution in [0.3, 0.4) is 0 Å². The molecule has 0 fully saturated rings. The lowest BCUT2D eigenvalue weighted by molar-refractivity contribution is -0.142. The van der Waals surface area contributed by atoms with Gasteiger partial charge >= 0.3 is 5.97 Å². The van der Waals surface area contributed by atoms with Crippen molar-refractivity contribution in [3.63, 3.8) is 0 Å². The Kier molecular flexibility index (Phi) is 15.4. The summed E-state index contributed by atoms with van der Waals surface area (Å²) in [7, 11) is 0. The van der Waals surface area contributed by atoms with E-state index < -0.39 is 54.0 Å². The zero-order valence-electron chi connectivity index (χ0n) is 19.4. The quantitative estimate of drug-likeness (QED) is 0.170. The molecule has 0 heterocycles. The summed E-state index contributed by atoms with van der Waals surface area (Å²) < 4.78 is 0. The van der Waals surface area contributed by atoms with Crippen molar-refractivity contribution < 1.29 is 29.4 Å². The minimum atomic E-state index is -1.20. The molecule has 12 heteroatoms. The van der Waals surface area contributed by atoms with E-state index in [0.717, 1.165) is 0 Å². The van der Waals surface area contributed by atoms with Crippen LogP contribution in [0.5, 0.6) is 0 Å². The van der Waals surface area contributed by atoms with Crippen LogP contribution in [0, 0.1) is 5.92 Å². The summed E-state index contributed by atoms with van der Waals surface area (Å²) in [5.41, 5.74) is 5.67. The maximum atomic E-state index is 13.0. The molecule has 0 spiro atoms. The number of aliphatic hydroxyl groups excluding tert-OH is 1. The molecular formula is C20H38N4O6S2. The van der Waals surface area contributed by atoms with Gasteiger partial charge in [0.05, 0.1) is 6.10 Å². The van der Waals surface area contributed by atoms with Crippen molar-refractivity contribution in [2.24, 2.45) is 11.7 Å². The van der Waals surface area contributed by atoms with Gasteiger partial charge < -0.3 is 31.9 Å². The average molecular weight is 495 g/mol. The van der Waals surface area contributed by atoms with Crippen LogP contribution in [-0.4, -0.2) is 88.2 Å². The van der Waals surface area contributed by atoms with Gasteiger partial charge in [0.1, 0.15) is 24.2 Å². The van der Waals surface area contributed by atoms with Gasteiger partial charge in [0.15, 0.2) is 0 Å². The maximum Gasteiger partial charge on any atom is 0.326 e. The fourth-order valence-electron chi connectivity index (χ4n) is 2.70. The Balaban J connectivity index is 5.47. The van der Waals surface area contributed by atoms with Crippen molar-refractivity contribution in [2.75, 3.05) is 24.0 Å². The Hall–Kier alpha value is -1.50. The third-order valence-electron chi connectivity index (χ3n) is 5.08. The SMILES string of the molecule is CCC(C)C(NC(=O)C(N)C(C)O)C(=O)NC(CCSC)C(=O)NC(CCSC)C(=O)O. The monoisotopic (exact) mass is 494 g/mol. The van der Waals surface area contributed by atoms with Crippen molar-refractivity contribution in [3.8, 4) is 0 Å². The van der Waals surface area contributed by atoms with E-state index in [2.05, 4.69) is 16.0 Å². The van der Waals surface area contributed by atoms with E-state index in [9.17, 15) is 29.4 Å². The lowest BCUT2D eigenvalue weighted by Gasteiger charge is -2.28. The van der Waals surface area contributed by atoms with Crippen LogP contribution in [0.15, 0.2) is 0 Å². The minimum absolute atomic E-state index is 0.258. The number of rotatable bonds is 16. The highest BCUT2D eigenvalue weighted by Crippen LogP contribution is 2.11. The summed E-state index contributed by atoms with van der Waals surface area (Å²) in [6.07, 6.45) is 3.73. The zero-order chi connectivity index (χ0) is 24.8. The topological polar surface area (TPSA) is 171 Å². The molecule has 0 aliphatic heterocycles. The molecule has 0 aromatic carbocycles. The van der Waals surface area contributed by atoms with Gasteiger partial charge in [-0.15, -0.1) is 0 Å². The standard InChI is InChI=1S/C20H38N4O6S2/c1-6-11(2)16(24-18(27)15(21)12(3)25)19(28)22-13(7-9-31-4)17(26)23-14(20(29)30)8-10-32-5/h11-16,25H,6-10,21H2,1-5H3,(H,22,28)(H,23,26)(H,24,27)(H,29,30). The number of nitrogens with two attached hydrogens (primary N) is 1. The number of aliphatic carboxylic acids is 1. The molecule has 32 heavy (non-hydrogen) atoms. The summed E-state index contributed by atoms with van der Waals surface area (Å²) >= 11 is 2.96. The first-order valence-corrected chi connectivity index (χ1v) is 13.3. The fraction of sp³-hybridized carbons (Fsp3) is 0.800. The van der Waals surface area contributed by atoms with Gasteiger partial charge in [-0.2, -0.15) is 23.5 Å². The zero-order valence-corrected chi connectivity index (χ0v) is 21.1. The van der Waals surface area contributed by atoms with E-state index in [1.54, 1.807) is 6.92 Å². The number of carboxylic acids is 1. The normalized spacial score (nSPS) is 16.7. The molecule has 6 unspecified atom stereocenters. The predicted molar refractivity (Wildman–Crippen MR) is 129 cm³/mol. The molecule has 0 aliphatic rings. The second kappa shape index (κ2) is 16.2. The molecule has 0 radical (unpaired) electrons. The number of hydrogen-bond acceptors (Lipinski definition) is 8. The second-order valence-electron chi connectivity index (χ2n) is 7.66. The molecule has 3 amide bonds. The number of aliphatic hydroxyl groups is 1. The fourth-order valence-corrected chi connectivity index (χ4v) is 3.64. The Morgan fingerprint density at radius 1 is 0.875 bits per heavy atom. The van der Waals surface area contributed by atoms with Crippen LogP contribution in [0.2, 0.25) is 0 Å². The third-order valence-corrected chi connectivity index (χ3v) is 6.37. The number of carbonyl (C=O) groups excluding carboxylic acids is 3. The Morgan fingerprint density at radius 3 is 1.81 bits per heavy atom. The number of carboxylic acid groups (broad SMARTS) is 1. The van der Waals surface area contributed by atoms with Crippen LogP contribution in [0.25, 0.3) is 0 Å². The first kappa shape index (κ1) is 30.5. The largest absolute Gasteiger partial charge is 0.480 e. The van der Waals surface area contributed by atoms with Gasteiger partial charge in [-0.25, -0.2) is 4.79 Å². The highest BCUT2D eigenvalue weighted by atomic mass is 32.2. The smallest absolute Gasteiger partial charge is 0.326 e. The molecule has 0 rings (SSSR count). The van der Waals surface area contributed by atoms with Crippen molar-refractivity contribution in [3.05, 3.63) is 0 Å². The molecule has 0 saturated carbocycles. The van der Waals surface area contributed by atoms with Crippen LogP contribution >= 0.6 is 23.5 Å². The van der Waals surface area contributed by atoms with E-state index >= 15 is 0 Å². The average Bonchev–Trinajstić information content (AvgIpc) is 2.75. The van der Waals surface area contributed by atoms with E-state index in [4.69, 9.17) is 5.73 Å².